The van der Waals surface area contributed by atoms with Crippen LogP contribution in [0, 0.1) is 0 Å². The van der Waals surface area contributed by atoms with Gasteiger partial charge in [0.15, 0.2) is 0 Å². The average Bonchev–Trinajstić information content (AvgIpc) is 3.47. The van der Waals surface area contributed by atoms with Crippen LogP contribution in [0.25, 0.3) is 11.0 Å². The Bertz CT molecular complexity index is 1220. The number of hydrogen-bond donors (Lipinski definition) is 5. The first-order valence-corrected chi connectivity index (χ1v) is 11.2. The lowest BCUT2D eigenvalue weighted by Gasteiger charge is -2.20. The molecule has 0 unspecified atom stereocenters. The van der Waals surface area contributed by atoms with Crippen molar-refractivity contribution >= 4 is 22.8 Å². The molecule has 0 spiro atoms. The molecule has 0 radical (unpaired) electrons. The second kappa shape index (κ2) is 9.64. The quantitative estimate of drug-likeness (QED) is 0.302. The van der Waals surface area contributed by atoms with E-state index in [4.69, 9.17) is 4.74 Å². The van der Waals surface area contributed by atoms with Gasteiger partial charge in [0.1, 0.15) is 23.5 Å². The summed E-state index contributed by atoms with van der Waals surface area (Å²) in [5.74, 6) is 0.547. The molecule has 0 bridgehead atoms. The van der Waals surface area contributed by atoms with Gasteiger partial charge in [0.05, 0.1) is 30.0 Å². The molecule has 5 rings (SSSR count). The van der Waals surface area contributed by atoms with Crippen LogP contribution >= 0.6 is 0 Å². The van der Waals surface area contributed by atoms with Crippen LogP contribution in [-0.2, 0) is 4.74 Å². The summed E-state index contributed by atoms with van der Waals surface area (Å²) in [6.07, 6.45) is -1.50. The fraction of sp³-hybridized carbons (Fsp3) is 0.231. The van der Waals surface area contributed by atoms with Crippen molar-refractivity contribution < 1.29 is 19.7 Å². The van der Waals surface area contributed by atoms with Gasteiger partial charge in [-0.05, 0) is 23.3 Å². The van der Waals surface area contributed by atoms with E-state index in [1.807, 2.05) is 72.8 Å². The number of nitrogens with one attached hydrogen (secondary N) is 3. The molecule has 3 atom stereocenters. The number of benzene rings is 3. The molecule has 34 heavy (non-hydrogen) atoms. The summed E-state index contributed by atoms with van der Waals surface area (Å²) >= 11 is 0. The Kier molecular flexibility index (Phi) is 6.27. The van der Waals surface area contributed by atoms with Crippen molar-refractivity contribution in [2.45, 2.75) is 30.8 Å². The number of imidazole rings is 1. The molecule has 2 heterocycles. The average molecular weight is 459 g/mol. The number of hydrogen-bond acceptors (Lipinski definition) is 5. The molecule has 3 aromatic carbocycles. The first-order valence-electron chi connectivity index (χ1n) is 11.2. The summed E-state index contributed by atoms with van der Waals surface area (Å²) < 4.78 is 5.72. The normalized spacial score (nSPS) is 20.0. The fourth-order valence-electron chi connectivity index (χ4n) is 4.31. The number of aromatic amines is 1. The van der Waals surface area contributed by atoms with Crippen LogP contribution in [0.2, 0.25) is 0 Å². The van der Waals surface area contributed by atoms with Gasteiger partial charge in [-0.15, -0.1) is 0 Å². The molecular weight excluding hydrogens is 432 g/mol. The minimum atomic E-state index is -0.750. The summed E-state index contributed by atoms with van der Waals surface area (Å²) in [7, 11) is 0. The van der Waals surface area contributed by atoms with E-state index < -0.39 is 18.3 Å². The first kappa shape index (κ1) is 22.1. The van der Waals surface area contributed by atoms with Crippen molar-refractivity contribution in [3.63, 3.8) is 0 Å². The van der Waals surface area contributed by atoms with E-state index in [1.165, 1.54) is 0 Å². The van der Waals surface area contributed by atoms with Crippen LogP contribution in [0.15, 0.2) is 78.9 Å². The Hall–Kier alpha value is -3.72. The monoisotopic (exact) mass is 458 g/mol. The van der Waals surface area contributed by atoms with Gasteiger partial charge in [-0.1, -0.05) is 66.7 Å². The number of aliphatic hydroxyl groups is 2. The smallest absolute Gasteiger partial charge is 0.320 e. The number of nitrogens with zero attached hydrogens (tertiary/aromatic N) is 1. The van der Waals surface area contributed by atoms with Crippen LogP contribution in [0.1, 0.15) is 35.5 Å². The molecule has 1 aliphatic heterocycles. The zero-order valence-electron chi connectivity index (χ0n) is 18.4. The molecule has 0 aliphatic carbocycles. The molecule has 4 aromatic rings. The van der Waals surface area contributed by atoms with Gasteiger partial charge in [-0.25, -0.2) is 9.78 Å². The Labute approximate surface area is 196 Å². The Morgan fingerprint density at radius 1 is 1.03 bits per heavy atom. The van der Waals surface area contributed by atoms with Crippen molar-refractivity contribution in [3.05, 3.63) is 95.8 Å². The highest BCUT2D eigenvalue weighted by molar-refractivity contribution is 5.99. The maximum atomic E-state index is 13.1. The Morgan fingerprint density at radius 2 is 1.71 bits per heavy atom. The highest BCUT2D eigenvalue weighted by Crippen LogP contribution is 2.33. The predicted molar refractivity (Wildman–Crippen MR) is 128 cm³/mol. The number of anilines is 1. The zero-order chi connectivity index (χ0) is 23.5. The lowest BCUT2D eigenvalue weighted by molar-refractivity contribution is -0.0244. The van der Waals surface area contributed by atoms with Gasteiger partial charge in [-0.2, -0.15) is 0 Å². The molecule has 8 nitrogen and oxygen atoms in total. The van der Waals surface area contributed by atoms with E-state index in [-0.39, 0.29) is 18.7 Å². The maximum absolute atomic E-state index is 13.1. The van der Waals surface area contributed by atoms with Crippen LogP contribution < -0.4 is 10.6 Å². The van der Waals surface area contributed by atoms with E-state index in [1.54, 1.807) is 6.07 Å². The molecular formula is C26H26N4O4. The molecule has 1 saturated heterocycles. The third-order valence-electron chi connectivity index (χ3n) is 6.03. The summed E-state index contributed by atoms with van der Waals surface area (Å²) in [4.78, 5) is 20.9. The minimum Gasteiger partial charge on any atom is -0.394 e. The third kappa shape index (κ3) is 4.51. The van der Waals surface area contributed by atoms with E-state index >= 15 is 0 Å². The molecule has 174 valence electrons. The van der Waals surface area contributed by atoms with Crippen LogP contribution in [0.4, 0.5) is 10.5 Å². The molecule has 0 saturated carbocycles. The number of fused-ring (bicyclic) bond motifs is 1. The number of para-hydroxylation sites is 1. The number of ether oxygens (including phenoxy) is 1. The van der Waals surface area contributed by atoms with Crippen molar-refractivity contribution in [2.75, 3.05) is 11.9 Å². The van der Waals surface area contributed by atoms with Crippen LogP contribution in [0.5, 0.6) is 0 Å². The number of carbonyl (C=O) groups excluding carboxylic acids is 1. The molecule has 2 amide bonds. The molecule has 1 fully saturated rings. The maximum Gasteiger partial charge on any atom is 0.320 e. The van der Waals surface area contributed by atoms with Crippen LogP contribution in [-0.4, -0.2) is 45.0 Å². The van der Waals surface area contributed by atoms with E-state index in [0.29, 0.717) is 23.4 Å². The largest absolute Gasteiger partial charge is 0.394 e. The predicted octanol–water partition coefficient (Wildman–Crippen LogP) is 3.66. The van der Waals surface area contributed by atoms with E-state index in [2.05, 4.69) is 20.6 Å². The van der Waals surface area contributed by atoms with Gasteiger partial charge < -0.3 is 30.6 Å². The van der Waals surface area contributed by atoms with Crippen molar-refractivity contribution in [3.8, 4) is 0 Å². The zero-order valence-corrected chi connectivity index (χ0v) is 18.4. The molecule has 1 aromatic heterocycles. The van der Waals surface area contributed by atoms with Gasteiger partial charge in [0.2, 0.25) is 0 Å². The number of H-pyrrole nitrogens is 1. The van der Waals surface area contributed by atoms with Gasteiger partial charge >= 0.3 is 6.03 Å². The SMILES string of the molecule is O=C(Nc1cccc2[nH]c([C@H]3C[C@H](O)[C@@H](CO)O3)nc12)NC(c1ccccc1)c1ccccc1. The lowest BCUT2D eigenvalue weighted by atomic mass is 9.99. The Balaban J connectivity index is 1.37. The number of amides is 2. The summed E-state index contributed by atoms with van der Waals surface area (Å²) in [6, 6.07) is 24.4. The summed E-state index contributed by atoms with van der Waals surface area (Å²) in [6.45, 7) is -0.255. The Morgan fingerprint density at radius 3 is 2.32 bits per heavy atom. The van der Waals surface area contributed by atoms with Crippen molar-refractivity contribution in [1.82, 2.24) is 15.3 Å². The van der Waals surface area contributed by atoms with E-state index in [9.17, 15) is 15.0 Å². The number of aliphatic hydroxyl groups excluding tert-OH is 2. The van der Waals surface area contributed by atoms with E-state index in [0.717, 1.165) is 16.6 Å². The van der Waals surface area contributed by atoms with Crippen molar-refractivity contribution in [2.24, 2.45) is 0 Å². The lowest BCUT2D eigenvalue weighted by Crippen LogP contribution is -2.33. The first-order chi connectivity index (χ1) is 16.6. The second-order valence-electron chi connectivity index (χ2n) is 8.33. The minimum absolute atomic E-state index is 0.255. The standard InChI is InChI=1S/C26H26N4O4/c31-15-22-20(32)14-21(34-22)25-27-18-12-7-13-19(24(18)29-25)28-26(33)30-23(16-8-3-1-4-9-16)17-10-5-2-6-11-17/h1-13,20-23,31-32H,14-15H2,(H,27,29)(H2,28,30,33)/t20-,21+,22+/m0/s1. The fourth-order valence-corrected chi connectivity index (χ4v) is 4.31. The van der Waals surface area contributed by atoms with Crippen molar-refractivity contribution in [1.29, 1.82) is 0 Å². The highest BCUT2D eigenvalue weighted by Gasteiger charge is 2.36. The third-order valence-corrected chi connectivity index (χ3v) is 6.03. The van der Waals surface area contributed by atoms with Gasteiger partial charge in [0.25, 0.3) is 0 Å². The highest BCUT2D eigenvalue weighted by atomic mass is 16.5. The molecule has 1 aliphatic rings. The number of carbonyl (C=O) groups is 1. The summed E-state index contributed by atoms with van der Waals surface area (Å²) in [5.41, 5.74) is 3.82. The number of urea groups is 1. The van der Waals surface area contributed by atoms with Crippen LogP contribution in [0.3, 0.4) is 0 Å². The molecule has 8 heteroatoms. The van der Waals surface area contributed by atoms with Gasteiger partial charge in [-0.3, -0.25) is 0 Å². The van der Waals surface area contributed by atoms with Gasteiger partial charge in [0, 0.05) is 6.42 Å². The molecule has 5 N–H and O–H groups in total. The summed E-state index contributed by atoms with van der Waals surface area (Å²) in [5, 5.41) is 25.4. The number of rotatable bonds is 6. The topological polar surface area (TPSA) is 120 Å². The second-order valence-corrected chi connectivity index (χ2v) is 8.33. The number of aromatic nitrogens is 2.